The van der Waals surface area contributed by atoms with Crippen molar-refractivity contribution in [3.05, 3.63) is 64.2 Å². The second-order valence-electron chi connectivity index (χ2n) is 6.74. The van der Waals surface area contributed by atoms with Crippen LogP contribution in [0.4, 0.5) is 0 Å². The first-order valence-corrected chi connectivity index (χ1v) is 9.69. The molecule has 2 aromatic rings. The molecule has 2 amide bonds. The predicted octanol–water partition coefficient (Wildman–Crippen LogP) is 3.89. The molecule has 0 aromatic heterocycles. The van der Waals surface area contributed by atoms with Gasteiger partial charge in [0.2, 0.25) is 5.91 Å². The number of halogens is 1. The molecule has 0 bridgehead atoms. The van der Waals surface area contributed by atoms with Crippen LogP contribution in [0.1, 0.15) is 30.0 Å². The van der Waals surface area contributed by atoms with Crippen molar-refractivity contribution in [2.45, 2.75) is 39.8 Å². The van der Waals surface area contributed by atoms with Crippen LogP contribution in [-0.4, -0.2) is 36.4 Å². The third kappa shape index (κ3) is 5.73. The Balaban J connectivity index is 2.19. The van der Waals surface area contributed by atoms with E-state index in [1.807, 2.05) is 51.1 Å². The largest absolute Gasteiger partial charge is 0.483 e. The molecule has 0 unspecified atom stereocenters. The van der Waals surface area contributed by atoms with E-state index in [-0.39, 0.29) is 18.4 Å². The lowest BCUT2D eigenvalue weighted by Crippen LogP contribution is -2.49. The van der Waals surface area contributed by atoms with Gasteiger partial charge in [-0.3, -0.25) is 9.59 Å². The fraction of sp³-hybridized carbons (Fsp3) is 0.364. The van der Waals surface area contributed by atoms with Gasteiger partial charge in [0.05, 0.1) is 0 Å². The van der Waals surface area contributed by atoms with E-state index in [0.717, 1.165) is 16.7 Å². The van der Waals surface area contributed by atoms with Crippen LogP contribution >= 0.6 is 11.6 Å². The van der Waals surface area contributed by atoms with E-state index in [1.54, 1.807) is 24.1 Å². The number of aryl methyl sites for hydroxylation is 2. The molecule has 0 fully saturated rings. The summed E-state index contributed by atoms with van der Waals surface area (Å²) in [6.07, 6.45) is 0.503. The molecule has 0 aliphatic carbocycles. The van der Waals surface area contributed by atoms with Crippen LogP contribution < -0.4 is 10.1 Å². The third-order valence-electron chi connectivity index (χ3n) is 4.58. The summed E-state index contributed by atoms with van der Waals surface area (Å²) in [4.78, 5) is 26.9. The van der Waals surface area contributed by atoms with E-state index in [2.05, 4.69) is 5.32 Å². The topological polar surface area (TPSA) is 58.6 Å². The summed E-state index contributed by atoms with van der Waals surface area (Å²) in [6.45, 7) is 6.00. The molecule has 0 saturated carbocycles. The summed E-state index contributed by atoms with van der Waals surface area (Å²) < 4.78 is 5.76. The van der Waals surface area contributed by atoms with E-state index in [4.69, 9.17) is 16.3 Å². The van der Waals surface area contributed by atoms with Gasteiger partial charge in [0.25, 0.3) is 5.91 Å². The summed E-state index contributed by atoms with van der Waals surface area (Å²) in [6, 6.07) is 12.5. The maximum absolute atomic E-state index is 13.0. The monoisotopic (exact) mass is 402 g/mol. The van der Waals surface area contributed by atoms with Crippen LogP contribution in [0.2, 0.25) is 5.02 Å². The van der Waals surface area contributed by atoms with Crippen LogP contribution in [0.3, 0.4) is 0 Å². The summed E-state index contributed by atoms with van der Waals surface area (Å²) in [5.74, 6) is 0.222. The highest BCUT2D eigenvalue weighted by molar-refractivity contribution is 6.30. The molecular weight excluding hydrogens is 376 g/mol. The zero-order chi connectivity index (χ0) is 20.7. The van der Waals surface area contributed by atoms with E-state index in [0.29, 0.717) is 23.7 Å². The quantitative estimate of drug-likeness (QED) is 0.728. The van der Waals surface area contributed by atoms with Gasteiger partial charge in [0.1, 0.15) is 11.8 Å². The lowest BCUT2D eigenvalue weighted by Gasteiger charge is -2.30. The highest BCUT2D eigenvalue weighted by atomic mass is 35.5. The fourth-order valence-electron chi connectivity index (χ4n) is 3.06. The molecule has 150 valence electrons. The van der Waals surface area contributed by atoms with Gasteiger partial charge in [-0.05, 0) is 49.6 Å². The standard InChI is InChI=1S/C22H27ClN2O3/c1-5-19(22(27)24-4)25(13-17-7-9-18(23)10-8-17)21(26)14-28-20-11-6-15(2)12-16(20)3/h6-12,19H,5,13-14H2,1-4H3,(H,24,27)/t19-/m1/s1. The third-order valence-corrected chi connectivity index (χ3v) is 4.83. The highest BCUT2D eigenvalue weighted by Gasteiger charge is 2.28. The van der Waals surface area contributed by atoms with Crippen molar-refractivity contribution in [1.29, 1.82) is 0 Å². The Hall–Kier alpha value is -2.53. The van der Waals surface area contributed by atoms with E-state index in [1.165, 1.54) is 0 Å². The molecular formula is C22H27ClN2O3. The second kappa shape index (κ2) is 10.1. The first kappa shape index (κ1) is 21.8. The number of benzene rings is 2. The fourth-order valence-corrected chi connectivity index (χ4v) is 3.18. The second-order valence-corrected chi connectivity index (χ2v) is 7.18. The normalized spacial score (nSPS) is 11.6. The van der Waals surface area contributed by atoms with Gasteiger partial charge in [-0.25, -0.2) is 0 Å². The van der Waals surface area contributed by atoms with Crippen LogP contribution in [0, 0.1) is 13.8 Å². The van der Waals surface area contributed by atoms with Crippen molar-refractivity contribution < 1.29 is 14.3 Å². The lowest BCUT2D eigenvalue weighted by molar-refractivity contribution is -0.142. The predicted molar refractivity (Wildman–Crippen MR) is 112 cm³/mol. The number of rotatable bonds is 8. The van der Waals surface area contributed by atoms with Gasteiger partial charge in [-0.15, -0.1) is 0 Å². The van der Waals surface area contributed by atoms with E-state index < -0.39 is 6.04 Å². The zero-order valence-corrected chi connectivity index (χ0v) is 17.5. The Labute approximate surface area is 171 Å². The molecule has 0 aliphatic rings. The van der Waals surface area contributed by atoms with Crippen LogP contribution in [0.25, 0.3) is 0 Å². The number of hydrogen-bond acceptors (Lipinski definition) is 3. The SMILES string of the molecule is CC[C@H](C(=O)NC)N(Cc1ccc(Cl)cc1)C(=O)COc1ccc(C)cc1C. The average Bonchev–Trinajstić information content (AvgIpc) is 2.68. The maximum Gasteiger partial charge on any atom is 0.261 e. The molecule has 5 nitrogen and oxygen atoms in total. The summed E-state index contributed by atoms with van der Waals surface area (Å²) in [7, 11) is 1.57. The number of carbonyl (C=O) groups excluding carboxylic acids is 2. The Morgan fingerprint density at radius 3 is 2.39 bits per heavy atom. The Morgan fingerprint density at radius 1 is 1.14 bits per heavy atom. The van der Waals surface area contributed by atoms with Crippen molar-refractivity contribution in [3.63, 3.8) is 0 Å². The van der Waals surface area contributed by atoms with Crippen molar-refractivity contribution in [1.82, 2.24) is 10.2 Å². The number of nitrogens with zero attached hydrogens (tertiary/aromatic N) is 1. The molecule has 0 saturated heterocycles. The molecule has 0 heterocycles. The Morgan fingerprint density at radius 2 is 1.82 bits per heavy atom. The van der Waals surface area contributed by atoms with Gasteiger partial charge in [-0.1, -0.05) is 48.4 Å². The molecule has 6 heteroatoms. The smallest absolute Gasteiger partial charge is 0.261 e. The van der Waals surface area contributed by atoms with Gasteiger partial charge in [-0.2, -0.15) is 0 Å². The molecule has 1 atom stereocenters. The van der Waals surface area contributed by atoms with Crippen LogP contribution in [0.5, 0.6) is 5.75 Å². The minimum atomic E-state index is -0.573. The first-order valence-electron chi connectivity index (χ1n) is 9.31. The first-order chi connectivity index (χ1) is 13.3. The van der Waals surface area contributed by atoms with Gasteiger partial charge in [0.15, 0.2) is 6.61 Å². The molecule has 2 rings (SSSR count). The average molecular weight is 403 g/mol. The Bertz CT molecular complexity index is 821. The number of nitrogens with one attached hydrogen (secondary N) is 1. The lowest BCUT2D eigenvalue weighted by atomic mass is 10.1. The maximum atomic E-state index is 13.0. The highest BCUT2D eigenvalue weighted by Crippen LogP contribution is 2.20. The molecule has 2 aromatic carbocycles. The summed E-state index contributed by atoms with van der Waals surface area (Å²) in [5.41, 5.74) is 2.99. The van der Waals surface area contributed by atoms with Crippen molar-refractivity contribution in [3.8, 4) is 5.75 Å². The van der Waals surface area contributed by atoms with E-state index in [9.17, 15) is 9.59 Å². The van der Waals surface area contributed by atoms with Crippen molar-refractivity contribution >= 4 is 23.4 Å². The molecule has 1 N–H and O–H groups in total. The summed E-state index contributed by atoms with van der Waals surface area (Å²) >= 11 is 5.95. The number of carbonyl (C=O) groups is 2. The number of likely N-dealkylation sites (N-methyl/N-ethyl adjacent to an activating group) is 1. The van der Waals surface area contributed by atoms with Crippen LogP contribution in [-0.2, 0) is 16.1 Å². The summed E-state index contributed by atoms with van der Waals surface area (Å²) in [5, 5.41) is 3.26. The number of amides is 2. The van der Waals surface area contributed by atoms with Gasteiger partial charge in [0, 0.05) is 18.6 Å². The van der Waals surface area contributed by atoms with Crippen molar-refractivity contribution in [2.75, 3.05) is 13.7 Å². The zero-order valence-electron chi connectivity index (χ0n) is 16.8. The number of hydrogen-bond donors (Lipinski definition) is 1. The minimum absolute atomic E-state index is 0.134. The molecule has 0 spiro atoms. The Kier molecular flexibility index (Phi) is 7.88. The van der Waals surface area contributed by atoms with Crippen LogP contribution in [0.15, 0.2) is 42.5 Å². The minimum Gasteiger partial charge on any atom is -0.483 e. The molecule has 0 radical (unpaired) electrons. The van der Waals surface area contributed by atoms with E-state index >= 15 is 0 Å². The van der Waals surface area contributed by atoms with Gasteiger partial charge < -0.3 is 15.0 Å². The molecule has 28 heavy (non-hydrogen) atoms. The molecule has 0 aliphatic heterocycles. The number of ether oxygens (including phenoxy) is 1. The van der Waals surface area contributed by atoms with Crippen molar-refractivity contribution in [2.24, 2.45) is 0 Å². The van der Waals surface area contributed by atoms with Gasteiger partial charge >= 0.3 is 0 Å².